The Balaban J connectivity index is 0.00000106. The quantitative estimate of drug-likeness (QED) is 0.139. The molecule has 1 saturated heterocycles. The third kappa shape index (κ3) is 12.3. The van der Waals surface area contributed by atoms with E-state index in [2.05, 4.69) is 104 Å². The lowest BCUT2D eigenvalue weighted by Crippen LogP contribution is -2.20. The molecule has 0 amide bonds. The largest absolute Gasteiger partial charge is 0.382 e. The minimum absolute atomic E-state index is 0.0763. The van der Waals surface area contributed by atoms with Gasteiger partial charge in [-0.05, 0) is 37.8 Å². The van der Waals surface area contributed by atoms with Crippen molar-refractivity contribution in [2.45, 2.75) is 99.4 Å². The van der Waals surface area contributed by atoms with E-state index in [0.29, 0.717) is 25.5 Å². The average Bonchev–Trinajstić information content (AvgIpc) is 3.78. The fourth-order valence-corrected chi connectivity index (χ4v) is 5.26. The average molecular weight is 657 g/mol. The third-order valence-corrected chi connectivity index (χ3v) is 7.35. The van der Waals surface area contributed by atoms with Crippen molar-refractivity contribution in [1.82, 2.24) is 24.8 Å². The summed E-state index contributed by atoms with van der Waals surface area (Å²) in [5.74, 6) is 1.59. The number of hydrogen-bond donors (Lipinski definition) is 2. The number of rotatable bonds is 13. The Morgan fingerprint density at radius 2 is 1.60 bits per heavy atom. The molecule has 2 atom stereocenters. The molecule has 4 aromatic rings. The zero-order chi connectivity index (χ0) is 35.1. The van der Waals surface area contributed by atoms with Gasteiger partial charge in [-0.2, -0.15) is 0 Å². The van der Waals surface area contributed by atoms with Crippen molar-refractivity contribution in [2.75, 3.05) is 32.1 Å². The van der Waals surface area contributed by atoms with Crippen LogP contribution in [0.3, 0.4) is 0 Å². The van der Waals surface area contributed by atoms with Crippen LogP contribution in [0.1, 0.15) is 104 Å². The number of nitrogens with one attached hydrogen (secondary N) is 2. The normalized spacial score (nSPS) is 15.8. The first kappa shape index (κ1) is 40.3. The van der Waals surface area contributed by atoms with Crippen molar-refractivity contribution in [3.05, 3.63) is 108 Å². The Kier molecular flexibility index (Phi) is 19.7. The van der Waals surface area contributed by atoms with Crippen molar-refractivity contribution >= 4 is 17.0 Å². The Morgan fingerprint density at radius 1 is 0.979 bits per heavy atom. The van der Waals surface area contributed by atoms with Gasteiger partial charge < -0.3 is 20.1 Å². The van der Waals surface area contributed by atoms with Crippen molar-refractivity contribution in [3.8, 4) is 0 Å². The van der Waals surface area contributed by atoms with Gasteiger partial charge in [-0.1, -0.05) is 132 Å². The molecule has 5 rings (SSSR count). The molecule has 1 aliphatic rings. The number of aromatic nitrogens is 4. The maximum absolute atomic E-state index is 6.29. The van der Waals surface area contributed by atoms with E-state index >= 15 is 0 Å². The summed E-state index contributed by atoms with van der Waals surface area (Å²) in [6.45, 7) is 18.9. The molecular formula is C40H60N6O2. The summed E-state index contributed by atoms with van der Waals surface area (Å²) in [7, 11) is 1.71. The molecule has 0 radical (unpaired) electrons. The maximum Gasteiger partial charge on any atom is 0.167 e. The van der Waals surface area contributed by atoms with Crippen LogP contribution < -0.4 is 10.6 Å². The fraction of sp³-hybridized carbons (Fsp3) is 0.475. The van der Waals surface area contributed by atoms with E-state index in [4.69, 9.17) is 24.4 Å². The Bertz CT molecular complexity index is 1430. The zero-order valence-corrected chi connectivity index (χ0v) is 30.9. The number of imidazole rings is 1. The summed E-state index contributed by atoms with van der Waals surface area (Å²) in [6, 6.07) is 21.2. The van der Waals surface area contributed by atoms with Gasteiger partial charge in [0.1, 0.15) is 12.1 Å². The smallest absolute Gasteiger partial charge is 0.167 e. The fourth-order valence-electron chi connectivity index (χ4n) is 5.26. The van der Waals surface area contributed by atoms with Crippen molar-refractivity contribution < 1.29 is 9.47 Å². The molecule has 2 unspecified atom stereocenters. The van der Waals surface area contributed by atoms with E-state index < -0.39 is 0 Å². The van der Waals surface area contributed by atoms with Crippen LogP contribution in [-0.4, -0.2) is 52.4 Å². The van der Waals surface area contributed by atoms with Gasteiger partial charge in [0, 0.05) is 26.1 Å². The molecule has 1 fully saturated rings. The monoisotopic (exact) mass is 656 g/mol. The molecule has 8 heteroatoms. The number of anilines is 1. The predicted molar refractivity (Wildman–Crippen MR) is 202 cm³/mol. The summed E-state index contributed by atoms with van der Waals surface area (Å²) < 4.78 is 13.7. The molecule has 2 aromatic heterocycles. The Hall–Kier alpha value is -3.85. The number of ether oxygens (including phenoxy) is 2. The van der Waals surface area contributed by atoms with Gasteiger partial charge in [0.15, 0.2) is 17.0 Å². The lowest BCUT2D eigenvalue weighted by atomic mass is 9.91. The molecule has 262 valence electrons. The first-order valence-electron chi connectivity index (χ1n) is 17.8. The minimum Gasteiger partial charge on any atom is -0.382 e. The minimum atomic E-state index is -0.129. The zero-order valence-electron chi connectivity index (χ0n) is 30.9. The number of fused-ring (bicyclic) bond motifs is 1. The Labute approximate surface area is 290 Å². The summed E-state index contributed by atoms with van der Waals surface area (Å²) in [6.07, 6.45) is 11.0. The number of allylic oxidation sites excluding steroid dienone is 3. The molecule has 1 aliphatic heterocycles. The van der Waals surface area contributed by atoms with Crippen LogP contribution in [0.15, 0.2) is 90.8 Å². The molecule has 8 nitrogen and oxygen atoms in total. The highest BCUT2D eigenvalue weighted by molar-refractivity contribution is 5.83. The number of nitrogens with zero attached hydrogens (tertiary/aromatic N) is 4. The molecule has 0 aliphatic carbocycles. The number of hydrogen-bond acceptors (Lipinski definition) is 7. The van der Waals surface area contributed by atoms with E-state index in [9.17, 15) is 0 Å². The number of methoxy groups -OCH3 is 1. The lowest BCUT2D eigenvalue weighted by molar-refractivity contribution is -0.0300. The molecule has 0 spiro atoms. The van der Waals surface area contributed by atoms with Gasteiger partial charge in [-0.15, -0.1) is 0 Å². The van der Waals surface area contributed by atoms with Crippen molar-refractivity contribution in [3.63, 3.8) is 0 Å². The molecule has 48 heavy (non-hydrogen) atoms. The highest BCUT2D eigenvalue weighted by atomic mass is 16.5. The predicted octanol–water partition coefficient (Wildman–Crippen LogP) is 9.48. The van der Waals surface area contributed by atoms with Gasteiger partial charge in [0.2, 0.25) is 0 Å². The molecule has 0 saturated carbocycles. The van der Waals surface area contributed by atoms with Gasteiger partial charge in [-0.3, -0.25) is 4.57 Å². The van der Waals surface area contributed by atoms with E-state index in [1.54, 1.807) is 7.11 Å². The molecular weight excluding hydrogens is 596 g/mol. The lowest BCUT2D eigenvalue weighted by Gasteiger charge is -2.20. The van der Waals surface area contributed by atoms with E-state index in [1.165, 1.54) is 23.1 Å². The van der Waals surface area contributed by atoms with Gasteiger partial charge in [0.25, 0.3) is 0 Å². The van der Waals surface area contributed by atoms with E-state index in [0.717, 1.165) is 36.4 Å². The highest BCUT2D eigenvalue weighted by Gasteiger charge is 2.29. The molecule has 2 aromatic carbocycles. The maximum atomic E-state index is 6.29. The Morgan fingerprint density at radius 3 is 2.19 bits per heavy atom. The van der Waals surface area contributed by atoms with Crippen LogP contribution in [0.2, 0.25) is 0 Å². The third-order valence-electron chi connectivity index (χ3n) is 7.35. The van der Waals surface area contributed by atoms with Crippen molar-refractivity contribution in [2.24, 2.45) is 0 Å². The van der Waals surface area contributed by atoms with Crippen LogP contribution in [0.4, 0.5) is 5.82 Å². The van der Waals surface area contributed by atoms with E-state index in [1.807, 2.05) is 51.6 Å². The first-order valence-corrected chi connectivity index (χ1v) is 17.8. The summed E-state index contributed by atoms with van der Waals surface area (Å²) in [5.41, 5.74) is 5.26. The van der Waals surface area contributed by atoms with Crippen LogP contribution >= 0.6 is 0 Å². The second-order valence-electron chi connectivity index (χ2n) is 11.2. The SMILES string of the molecule is C/C=C\C=C(/C)CNCc1nc(NCC(c2ccccc2)c2ccccc2)c2ncn(C3CCC(COC)O3)c2n1.CC.CC.CCC. The second kappa shape index (κ2) is 23.5. The second-order valence-corrected chi connectivity index (χ2v) is 11.2. The molecule has 0 bridgehead atoms. The van der Waals surface area contributed by atoms with Gasteiger partial charge in [-0.25, -0.2) is 15.0 Å². The van der Waals surface area contributed by atoms with E-state index in [-0.39, 0.29) is 18.2 Å². The topological polar surface area (TPSA) is 86.1 Å². The standard InChI is InChI=1S/C33H40N6O2.C3H8.2C2H6/c1-4-5-12-24(2)19-34-21-29-37-32(31-33(38-29)39(23-36-31)30-18-17-27(41-30)22-40-3)35-20-28(25-13-8-6-9-14-25)26-15-10-7-11-16-26;1-3-2;2*1-2/h4-16,23,27-28,30,34H,17-22H2,1-3H3,(H,35,37,38);3H2,1-2H3;2*1-2H3/b5-4-,24-12+;;;. The molecule has 2 N–H and O–H groups in total. The van der Waals surface area contributed by atoms with Crippen molar-refractivity contribution in [1.29, 1.82) is 0 Å². The summed E-state index contributed by atoms with van der Waals surface area (Å²) in [4.78, 5) is 14.7. The summed E-state index contributed by atoms with van der Waals surface area (Å²) in [5, 5.41) is 7.14. The first-order chi connectivity index (χ1) is 23.6. The number of benzene rings is 2. The van der Waals surface area contributed by atoms with Crippen LogP contribution in [0, 0.1) is 0 Å². The highest BCUT2D eigenvalue weighted by Crippen LogP contribution is 2.32. The van der Waals surface area contributed by atoms with Gasteiger partial charge in [0.05, 0.1) is 25.6 Å². The summed E-state index contributed by atoms with van der Waals surface area (Å²) >= 11 is 0. The van der Waals surface area contributed by atoms with Gasteiger partial charge >= 0.3 is 0 Å². The van der Waals surface area contributed by atoms with Crippen LogP contribution in [0.25, 0.3) is 11.2 Å². The molecule has 3 heterocycles. The van der Waals surface area contributed by atoms with Crippen LogP contribution in [-0.2, 0) is 16.0 Å². The van der Waals surface area contributed by atoms with Crippen LogP contribution in [0.5, 0.6) is 0 Å².